The molecule has 4 heteroatoms. The summed E-state index contributed by atoms with van der Waals surface area (Å²) in [7, 11) is 3.94. The van der Waals surface area contributed by atoms with Crippen LogP contribution in [0.3, 0.4) is 0 Å². The van der Waals surface area contributed by atoms with Crippen LogP contribution in [0.2, 0.25) is 0 Å². The third-order valence-corrected chi connectivity index (χ3v) is 5.30. The molecule has 2 saturated carbocycles. The van der Waals surface area contributed by atoms with Gasteiger partial charge in [-0.05, 0) is 58.5 Å². The number of hydrogen-bond acceptors (Lipinski definition) is 4. The average molecular weight is 284 g/mol. The van der Waals surface area contributed by atoms with Crippen LogP contribution < -0.4 is 5.32 Å². The molecule has 0 bridgehead atoms. The predicted octanol–water partition coefficient (Wildman–Crippen LogP) is 1.63. The van der Waals surface area contributed by atoms with E-state index in [9.17, 15) is 5.11 Å². The molecule has 3 atom stereocenters. The first-order valence-corrected chi connectivity index (χ1v) is 8.19. The highest BCUT2D eigenvalue weighted by Crippen LogP contribution is 2.40. The van der Waals surface area contributed by atoms with Gasteiger partial charge in [0.2, 0.25) is 0 Å². The lowest BCUT2D eigenvalue weighted by atomic mass is 9.85. The summed E-state index contributed by atoms with van der Waals surface area (Å²) < 4.78 is 5.23. The Labute approximate surface area is 123 Å². The lowest BCUT2D eigenvalue weighted by Crippen LogP contribution is -2.53. The summed E-state index contributed by atoms with van der Waals surface area (Å²) in [5.74, 6) is 0.616. The van der Waals surface area contributed by atoms with Crippen molar-refractivity contribution >= 4 is 0 Å². The molecular formula is C16H32N2O2. The Morgan fingerprint density at radius 3 is 2.75 bits per heavy atom. The fourth-order valence-corrected chi connectivity index (χ4v) is 3.59. The van der Waals surface area contributed by atoms with E-state index in [1.54, 1.807) is 7.11 Å². The zero-order valence-electron chi connectivity index (χ0n) is 13.4. The van der Waals surface area contributed by atoms with Crippen molar-refractivity contribution < 1.29 is 9.84 Å². The molecule has 0 aromatic carbocycles. The normalized spacial score (nSPS) is 31.9. The quantitative estimate of drug-likeness (QED) is 0.675. The topological polar surface area (TPSA) is 44.7 Å². The van der Waals surface area contributed by atoms with Crippen molar-refractivity contribution in [2.24, 2.45) is 5.92 Å². The van der Waals surface area contributed by atoms with E-state index in [0.29, 0.717) is 24.6 Å². The Hall–Kier alpha value is -0.160. The Balaban J connectivity index is 1.83. The molecule has 2 N–H and O–H groups in total. The van der Waals surface area contributed by atoms with E-state index < -0.39 is 0 Å². The molecule has 0 aromatic rings. The predicted molar refractivity (Wildman–Crippen MR) is 81.9 cm³/mol. The van der Waals surface area contributed by atoms with E-state index in [1.807, 2.05) is 0 Å². The molecule has 4 nitrogen and oxygen atoms in total. The number of methoxy groups -OCH3 is 1. The summed E-state index contributed by atoms with van der Waals surface area (Å²) in [6.45, 7) is 4.38. The van der Waals surface area contributed by atoms with Gasteiger partial charge in [0.05, 0.1) is 13.2 Å². The molecule has 0 aliphatic heterocycles. The second-order valence-electron chi connectivity index (χ2n) is 6.90. The Morgan fingerprint density at radius 2 is 2.15 bits per heavy atom. The summed E-state index contributed by atoms with van der Waals surface area (Å²) in [6, 6.07) is 1.13. The Kier molecular flexibility index (Phi) is 5.84. The van der Waals surface area contributed by atoms with Crippen LogP contribution in [0.15, 0.2) is 0 Å². The van der Waals surface area contributed by atoms with E-state index in [1.165, 1.54) is 32.1 Å². The highest BCUT2D eigenvalue weighted by Gasteiger charge is 2.44. The number of aliphatic hydroxyl groups is 1. The molecule has 0 saturated heterocycles. The fourth-order valence-electron chi connectivity index (χ4n) is 3.59. The van der Waals surface area contributed by atoms with Crippen molar-refractivity contribution in [3.8, 4) is 0 Å². The summed E-state index contributed by atoms with van der Waals surface area (Å²) in [4.78, 5) is 2.38. The van der Waals surface area contributed by atoms with Crippen LogP contribution in [0, 0.1) is 5.92 Å². The molecule has 0 spiro atoms. The largest absolute Gasteiger partial charge is 0.394 e. The van der Waals surface area contributed by atoms with E-state index in [0.717, 1.165) is 19.6 Å². The summed E-state index contributed by atoms with van der Waals surface area (Å²) in [6.07, 6.45) is 7.40. The standard InChI is InChI=1S/C16H32N2O2/c1-13(11-20-3)18(2)10-8-14-5-4-9-16(14,12-19)17-15-6-7-15/h13-15,17,19H,4-12H2,1-3H3. The first-order valence-electron chi connectivity index (χ1n) is 8.19. The smallest absolute Gasteiger partial charge is 0.0616 e. The third kappa shape index (κ3) is 3.94. The van der Waals surface area contributed by atoms with E-state index in [-0.39, 0.29) is 5.54 Å². The summed E-state index contributed by atoms with van der Waals surface area (Å²) in [5, 5.41) is 13.7. The van der Waals surface area contributed by atoms with Crippen LogP contribution in [0.4, 0.5) is 0 Å². The van der Waals surface area contributed by atoms with Crippen LogP contribution in [0.1, 0.15) is 45.4 Å². The lowest BCUT2D eigenvalue weighted by molar-refractivity contribution is 0.0904. The van der Waals surface area contributed by atoms with Gasteiger partial charge in [0, 0.05) is 24.7 Å². The van der Waals surface area contributed by atoms with Crippen LogP contribution in [0.25, 0.3) is 0 Å². The highest BCUT2D eigenvalue weighted by atomic mass is 16.5. The van der Waals surface area contributed by atoms with Gasteiger partial charge in [0.1, 0.15) is 0 Å². The molecule has 3 unspecified atom stereocenters. The third-order valence-electron chi connectivity index (χ3n) is 5.30. The molecule has 2 fully saturated rings. The number of nitrogens with one attached hydrogen (secondary N) is 1. The summed E-state index contributed by atoms with van der Waals surface area (Å²) >= 11 is 0. The first-order chi connectivity index (χ1) is 9.61. The van der Waals surface area contributed by atoms with Crippen molar-refractivity contribution in [2.45, 2.75) is 63.1 Å². The van der Waals surface area contributed by atoms with Crippen LogP contribution in [-0.2, 0) is 4.74 Å². The van der Waals surface area contributed by atoms with Crippen molar-refractivity contribution in [3.05, 3.63) is 0 Å². The molecule has 0 aromatic heterocycles. The van der Waals surface area contributed by atoms with Crippen LogP contribution >= 0.6 is 0 Å². The summed E-state index contributed by atoms with van der Waals surface area (Å²) in [5.41, 5.74) is 0.00645. The molecule has 2 rings (SSSR count). The first kappa shape index (κ1) is 16.2. The number of likely N-dealkylation sites (N-methyl/N-ethyl adjacent to an activating group) is 1. The van der Waals surface area contributed by atoms with E-state index >= 15 is 0 Å². The van der Waals surface area contributed by atoms with Crippen molar-refractivity contribution in [3.63, 3.8) is 0 Å². The SMILES string of the molecule is COCC(C)N(C)CCC1CCCC1(CO)NC1CC1. The van der Waals surface area contributed by atoms with Gasteiger partial charge in [-0.1, -0.05) is 6.42 Å². The molecule has 0 heterocycles. The van der Waals surface area contributed by atoms with E-state index in [2.05, 4.69) is 24.2 Å². The number of rotatable bonds is 9. The second kappa shape index (κ2) is 7.21. The van der Waals surface area contributed by atoms with Gasteiger partial charge in [-0.25, -0.2) is 0 Å². The van der Waals surface area contributed by atoms with Crippen molar-refractivity contribution in [1.82, 2.24) is 10.2 Å². The van der Waals surface area contributed by atoms with Gasteiger partial charge >= 0.3 is 0 Å². The number of hydrogen-bond donors (Lipinski definition) is 2. The molecule has 118 valence electrons. The van der Waals surface area contributed by atoms with Crippen LogP contribution in [0.5, 0.6) is 0 Å². The maximum Gasteiger partial charge on any atom is 0.0616 e. The minimum atomic E-state index is 0.00645. The number of ether oxygens (including phenoxy) is 1. The van der Waals surface area contributed by atoms with Gasteiger partial charge in [0.15, 0.2) is 0 Å². The molecule has 2 aliphatic carbocycles. The second-order valence-corrected chi connectivity index (χ2v) is 6.90. The molecule has 2 aliphatic rings. The monoisotopic (exact) mass is 284 g/mol. The minimum Gasteiger partial charge on any atom is -0.394 e. The molecule has 20 heavy (non-hydrogen) atoms. The highest BCUT2D eigenvalue weighted by molar-refractivity contribution is 5.03. The number of nitrogens with zero attached hydrogens (tertiary/aromatic N) is 1. The fraction of sp³-hybridized carbons (Fsp3) is 1.00. The lowest BCUT2D eigenvalue weighted by Gasteiger charge is -2.36. The molecular weight excluding hydrogens is 252 g/mol. The van der Waals surface area contributed by atoms with Gasteiger partial charge in [0.25, 0.3) is 0 Å². The Bertz CT molecular complexity index is 296. The maximum absolute atomic E-state index is 9.93. The van der Waals surface area contributed by atoms with Gasteiger partial charge < -0.3 is 20.1 Å². The Morgan fingerprint density at radius 1 is 1.40 bits per heavy atom. The minimum absolute atomic E-state index is 0.00645. The maximum atomic E-state index is 9.93. The molecule has 0 amide bonds. The average Bonchev–Trinajstić information content (AvgIpc) is 3.16. The van der Waals surface area contributed by atoms with Gasteiger partial charge in [-0.2, -0.15) is 0 Å². The zero-order chi connectivity index (χ0) is 14.6. The zero-order valence-corrected chi connectivity index (χ0v) is 13.4. The van der Waals surface area contributed by atoms with Gasteiger partial charge in [-0.15, -0.1) is 0 Å². The van der Waals surface area contributed by atoms with Crippen molar-refractivity contribution in [1.29, 1.82) is 0 Å². The number of aliphatic hydroxyl groups excluding tert-OH is 1. The van der Waals surface area contributed by atoms with Crippen LogP contribution in [-0.4, -0.2) is 61.5 Å². The van der Waals surface area contributed by atoms with Gasteiger partial charge in [-0.3, -0.25) is 0 Å². The van der Waals surface area contributed by atoms with E-state index in [4.69, 9.17) is 4.74 Å². The molecule has 0 radical (unpaired) electrons. The van der Waals surface area contributed by atoms with Crippen molar-refractivity contribution in [2.75, 3.05) is 33.9 Å².